The molecule has 0 atom stereocenters. The van der Waals surface area contributed by atoms with Gasteiger partial charge in [0.25, 0.3) is 0 Å². The largest absolute Gasteiger partial charge is 0.481 e. The molecule has 0 aromatic carbocycles. The zero-order valence-electron chi connectivity index (χ0n) is 10.3. The summed E-state index contributed by atoms with van der Waals surface area (Å²) in [4.78, 5) is 23.5. The number of thiophene rings is 1. The number of esters is 1. The molecule has 0 fully saturated rings. The SMILES string of the molecule is COC(=O)Cc1ccc(CNCCCC(=O)O)s1. The van der Waals surface area contributed by atoms with Crippen molar-refractivity contribution in [2.75, 3.05) is 13.7 Å². The van der Waals surface area contributed by atoms with Crippen LogP contribution in [0.2, 0.25) is 0 Å². The van der Waals surface area contributed by atoms with Gasteiger partial charge in [0.15, 0.2) is 0 Å². The Bertz CT molecular complexity index is 403. The molecule has 0 amide bonds. The van der Waals surface area contributed by atoms with Crippen molar-refractivity contribution in [3.63, 3.8) is 0 Å². The van der Waals surface area contributed by atoms with Gasteiger partial charge in [0.05, 0.1) is 13.5 Å². The second kappa shape index (κ2) is 7.84. The predicted octanol–water partition coefficient (Wildman–Crippen LogP) is 1.42. The maximum absolute atomic E-state index is 11.1. The third-order valence-electron chi connectivity index (χ3n) is 2.31. The number of nitrogens with one attached hydrogen (secondary N) is 1. The first-order valence-corrected chi connectivity index (χ1v) is 6.50. The van der Waals surface area contributed by atoms with Crippen LogP contribution in [0.1, 0.15) is 22.6 Å². The highest BCUT2D eigenvalue weighted by Crippen LogP contribution is 2.17. The topological polar surface area (TPSA) is 75.6 Å². The number of aliphatic carboxylic acids is 1. The molecule has 0 saturated heterocycles. The van der Waals surface area contributed by atoms with Gasteiger partial charge in [-0.1, -0.05) is 0 Å². The molecular formula is C12H17NO4S. The van der Waals surface area contributed by atoms with E-state index in [0.29, 0.717) is 25.9 Å². The van der Waals surface area contributed by atoms with Gasteiger partial charge in [-0.25, -0.2) is 0 Å². The first-order chi connectivity index (χ1) is 8.61. The van der Waals surface area contributed by atoms with E-state index in [1.165, 1.54) is 7.11 Å². The van der Waals surface area contributed by atoms with Crippen LogP contribution in [-0.4, -0.2) is 30.7 Å². The van der Waals surface area contributed by atoms with E-state index in [1.807, 2.05) is 12.1 Å². The molecule has 0 radical (unpaired) electrons. The Labute approximate surface area is 110 Å². The molecule has 0 unspecified atom stereocenters. The van der Waals surface area contributed by atoms with Gasteiger partial charge in [-0.3, -0.25) is 9.59 Å². The minimum atomic E-state index is -0.770. The Balaban J connectivity index is 2.23. The fourth-order valence-electron chi connectivity index (χ4n) is 1.40. The van der Waals surface area contributed by atoms with Crippen LogP contribution in [0.15, 0.2) is 12.1 Å². The van der Waals surface area contributed by atoms with E-state index in [1.54, 1.807) is 11.3 Å². The lowest BCUT2D eigenvalue weighted by Crippen LogP contribution is -2.14. The molecule has 2 N–H and O–H groups in total. The number of carboxylic acid groups (broad SMARTS) is 1. The van der Waals surface area contributed by atoms with E-state index in [9.17, 15) is 9.59 Å². The highest BCUT2D eigenvalue weighted by atomic mass is 32.1. The zero-order valence-corrected chi connectivity index (χ0v) is 11.1. The number of methoxy groups -OCH3 is 1. The molecule has 0 bridgehead atoms. The smallest absolute Gasteiger partial charge is 0.310 e. The van der Waals surface area contributed by atoms with E-state index in [0.717, 1.165) is 9.75 Å². The van der Waals surface area contributed by atoms with Crippen molar-refractivity contribution < 1.29 is 19.4 Å². The molecule has 1 aromatic heterocycles. The zero-order chi connectivity index (χ0) is 13.4. The number of ether oxygens (including phenoxy) is 1. The number of carbonyl (C=O) groups is 2. The summed E-state index contributed by atoms with van der Waals surface area (Å²) in [6, 6.07) is 3.88. The Morgan fingerprint density at radius 3 is 2.78 bits per heavy atom. The summed E-state index contributed by atoms with van der Waals surface area (Å²) in [5.41, 5.74) is 0. The van der Waals surface area contributed by atoms with Gasteiger partial charge in [-0.15, -0.1) is 11.3 Å². The molecule has 100 valence electrons. The summed E-state index contributed by atoms with van der Waals surface area (Å²) >= 11 is 1.56. The lowest BCUT2D eigenvalue weighted by Gasteiger charge is -2.00. The monoisotopic (exact) mass is 271 g/mol. The molecule has 6 heteroatoms. The van der Waals surface area contributed by atoms with Crippen LogP contribution < -0.4 is 5.32 Å². The van der Waals surface area contributed by atoms with E-state index in [4.69, 9.17) is 5.11 Å². The molecule has 1 heterocycles. The Morgan fingerprint density at radius 1 is 1.39 bits per heavy atom. The Kier molecular flexibility index (Phi) is 6.38. The van der Waals surface area contributed by atoms with Crippen molar-refractivity contribution in [1.82, 2.24) is 5.32 Å². The second-order valence-corrected chi connectivity index (χ2v) is 5.05. The van der Waals surface area contributed by atoms with Crippen molar-refractivity contribution in [2.24, 2.45) is 0 Å². The molecular weight excluding hydrogens is 254 g/mol. The average molecular weight is 271 g/mol. The summed E-state index contributed by atoms with van der Waals surface area (Å²) in [6.07, 6.45) is 1.11. The fourth-order valence-corrected chi connectivity index (χ4v) is 2.38. The highest BCUT2D eigenvalue weighted by Gasteiger charge is 2.06. The van der Waals surface area contributed by atoms with Crippen molar-refractivity contribution in [2.45, 2.75) is 25.8 Å². The first kappa shape index (κ1) is 14.7. The molecule has 5 nitrogen and oxygen atoms in total. The standard InChI is InChI=1S/C12H17NO4S/c1-17-12(16)7-9-4-5-10(18-9)8-13-6-2-3-11(14)15/h4-5,13H,2-3,6-8H2,1H3,(H,14,15). The number of hydrogen-bond donors (Lipinski definition) is 2. The van der Waals surface area contributed by atoms with Gasteiger partial charge < -0.3 is 15.2 Å². The molecule has 0 saturated carbocycles. The fraction of sp³-hybridized carbons (Fsp3) is 0.500. The second-order valence-electron chi connectivity index (χ2n) is 3.79. The Hall–Kier alpha value is -1.40. The third kappa shape index (κ3) is 5.79. The number of hydrogen-bond acceptors (Lipinski definition) is 5. The third-order valence-corrected chi connectivity index (χ3v) is 3.39. The summed E-state index contributed by atoms with van der Waals surface area (Å²) in [5.74, 6) is -1.01. The molecule has 18 heavy (non-hydrogen) atoms. The lowest BCUT2D eigenvalue weighted by atomic mass is 10.3. The van der Waals surface area contributed by atoms with Gasteiger partial charge >= 0.3 is 11.9 Å². The Morgan fingerprint density at radius 2 is 2.11 bits per heavy atom. The van der Waals surface area contributed by atoms with Crippen LogP contribution in [0.4, 0.5) is 0 Å². The van der Waals surface area contributed by atoms with E-state index in [2.05, 4.69) is 10.1 Å². The van der Waals surface area contributed by atoms with Gasteiger partial charge in [0, 0.05) is 22.7 Å². The van der Waals surface area contributed by atoms with Crippen LogP contribution in [0.5, 0.6) is 0 Å². The highest BCUT2D eigenvalue weighted by molar-refractivity contribution is 7.12. The maximum atomic E-state index is 11.1. The van der Waals surface area contributed by atoms with Crippen LogP contribution in [0.25, 0.3) is 0 Å². The van der Waals surface area contributed by atoms with Gasteiger partial charge in [-0.2, -0.15) is 0 Å². The van der Waals surface area contributed by atoms with Gasteiger partial charge in [0.1, 0.15) is 0 Å². The van der Waals surface area contributed by atoms with Gasteiger partial charge in [-0.05, 0) is 25.1 Å². The first-order valence-electron chi connectivity index (χ1n) is 5.68. The van der Waals surface area contributed by atoms with E-state index < -0.39 is 5.97 Å². The summed E-state index contributed by atoms with van der Waals surface area (Å²) in [7, 11) is 1.38. The van der Waals surface area contributed by atoms with Crippen molar-refractivity contribution in [3.05, 3.63) is 21.9 Å². The minimum Gasteiger partial charge on any atom is -0.481 e. The van der Waals surface area contributed by atoms with Crippen LogP contribution in [0, 0.1) is 0 Å². The summed E-state index contributed by atoms with van der Waals surface area (Å²) in [5, 5.41) is 11.6. The van der Waals surface area contributed by atoms with E-state index >= 15 is 0 Å². The van der Waals surface area contributed by atoms with Crippen molar-refractivity contribution in [1.29, 1.82) is 0 Å². The maximum Gasteiger partial charge on any atom is 0.310 e. The van der Waals surface area contributed by atoms with Crippen LogP contribution in [0.3, 0.4) is 0 Å². The molecule has 0 aliphatic rings. The molecule has 0 aliphatic carbocycles. The van der Waals surface area contributed by atoms with Crippen LogP contribution in [-0.2, 0) is 27.3 Å². The summed E-state index contributed by atoms with van der Waals surface area (Å²) in [6.45, 7) is 1.38. The van der Waals surface area contributed by atoms with Crippen molar-refractivity contribution in [3.8, 4) is 0 Å². The van der Waals surface area contributed by atoms with Crippen molar-refractivity contribution >= 4 is 23.3 Å². The van der Waals surface area contributed by atoms with Crippen LogP contribution >= 0.6 is 11.3 Å². The molecule has 1 aromatic rings. The molecule has 0 aliphatic heterocycles. The minimum absolute atomic E-state index is 0.186. The number of carbonyl (C=O) groups excluding carboxylic acids is 1. The van der Waals surface area contributed by atoms with E-state index in [-0.39, 0.29) is 12.4 Å². The molecule has 1 rings (SSSR count). The number of carboxylic acids is 1. The molecule has 0 spiro atoms. The lowest BCUT2D eigenvalue weighted by molar-refractivity contribution is -0.140. The average Bonchev–Trinajstić information content (AvgIpc) is 2.75. The summed E-state index contributed by atoms with van der Waals surface area (Å²) < 4.78 is 4.60. The van der Waals surface area contributed by atoms with Gasteiger partial charge in [0.2, 0.25) is 0 Å². The quantitative estimate of drug-likeness (QED) is 0.552. The normalized spacial score (nSPS) is 10.3. The predicted molar refractivity (Wildman–Crippen MR) is 68.6 cm³/mol. The number of rotatable bonds is 8.